The summed E-state index contributed by atoms with van der Waals surface area (Å²) in [6.07, 6.45) is 0. The van der Waals surface area contributed by atoms with Gasteiger partial charge in [0.05, 0.1) is 31.9 Å². The smallest absolute Gasteiger partial charge is 0.322 e. The standard InChI is InChI=1S/C29H28N4O4/c1-4-36-24-15-8-10-20(16-24)18-33-19(2)25(28-31-27(32-37-28)21-11-6-5-7-12-21)26(30-29(33)34)22-13-9-14-23(17-22)35-3/h5-17,26H,4,18H2,1-3H3,(H,30,34). The number of urea groups is 1. The molecule has 0 bridgehead atoms. The third-order valence-electron chi connectivity index (χ3n) is 6.26. The average Bonchev–Trinajstić information content (AvgIpc) is 3.41. The molecule has 8 nitrogen and oxygen atoms in total. The van der Waals surface area contributed by atoms with Crippen molar-refractivity contribution in [2.75, 3.05) is 13.7 Å². The van der Waals surface area contributed by atoms with Gasteiger partial charge in [0.1, 0.15) is 11.5 Å². The third-order valence-corrected chi connectivity index (χ3v) is 6.26. The third kappa shape index (κ3) is 5.04. The summed E-state index contributed by atoms with van der Waals surface area (Å²) in [5, 5.41) is 7.36. The number of nitrogens with zero attached hydrogens (tertiary/aromatic N) is 3. The minimum Gasteiger partial charge on any atom is -0.497 e. The van der Waals surface area contributed by atoms with Crippen LogP contribution in [0.2, 0.25) is 0 Å². The lowest BCUT2D eigenvalue weighted by Crippen LogP contribution is -2.45. The number of hydrogen-bond acceptors (Lipinski definition) is 6. The predicted octanol–water partition coefficient (Wildman–Crippen LogP) is 5.84. The molecule has 188 valence electrons. The maximum atomic E-state index is 13.4. The van der Waals surface area contributed by atoms with Crippen molar-refractivity contribution in [2.45, 2.75) is 26.4 Å². The van der Waals surface area contributed by atoms with Gasteiger partial charge in [-0.3, -0.25) is 4.90 Å². The topological polar surface area (TPSA) is 89.7 Å². The molecule has 0 fully saturated rings. The minimum absolute atomic E-state index is 0.223. The molecule has 1 atom stereocenters. The van der Waals surface area contributed by atoms with Gasteiger partial charge in [0.25, 0.3) is 5.89 Å². The number of carbonyl (C=O) groups is 1. The van der Waals surface area contributed by atoms with E-state index in [1.54, 1.807) is 12.0 Å². The highest BCUT2D eigenvalue weighted by Crippen LogP contribution is 2.38. The number of nitrogens with one attached hydrogen (secondary N) is 1. The molecule has 1 aliphatic heterocycles. The molecule has 1 aromatic heterocycles. The Hall–Kier alpha value is -4.59. The quantitative estimate of drug-likeness (QED) is 0.330. The first-order valence-electron chi connectivity index (χ1n) is 12.1. The Morgan fingerprint density at radius 3 is 2.57 bits per heavy atom. The summed E-state index contributed by atoms with van der Waals surface area (Å²) in [6, 6.07) is 24.2. The van der Waals surface area contributed by atoms with Crippen molar-refractivity contribution in [3.63, 3.8) is 0 Å². The van der Waals surface area contributed by atoms with Crippen molar-refractivity contribution in [3.8, 4) is 22.9 Å². The number of allylic oxidation sites excluding steroid dienone is 1. The molecule has 1 unspecified atom stereocenters. The Morgan fingerprint density at radius 1 is 1.00 bits per heavy atom. The van der Waals surface area contributed by atoms with Crippen molar-refractivity contribution >= 4 is 11.6 Å². The van der Waals surface area contributed by atoms with Gasteiger partial charge in [0.2, 0.25) is 5.82 Å². The second kappa shape index (κ2) is 10.6. The molecule has 0 saturated heterocycles. The molecule has 0 saturated carbocycles. The van der Waals surface area contributed by atoms with E-state index in [2.05, 4.69) is 10.5 Å². The largest absolute Gasteiger partial charge is 0.497 e. The zero-order valence-corrected chi connectivity index (χ0v) is 21.0. The first kappa shape index (κ1) is 24.1. The minimum atomic E-state index is -0.502. The highest BCUT2D eigenvalue weighted by molar-refractivity contribution is 5.87. The normalized spacial score (nSPS) is 15.5. The van der Waals surface area contributed by atoms with Gasteiger partial charge >= 0.3 is 6.03 Å². The summed E-state index contributed by atoms with van der Waals surface area (Å²) < 4.78 is 16.8. The molecule has 0 spiro atoms. The molecule has 8 heteroatoms. The second-order valence-corrected chi connectivity index (χ2v) is 8.61. The van der Waals surface area contributed by atoms with Gasteiger partial charge in [0, 0.05) is 11.3 Å². The van der Waals surface area contributed by atoms with Gasteiger partial charge in [0.15, 0.2) is 0 Å². The van der Waals surface area contributed by atoms with Gasteiger partial charge in [-0.1, -0.05) is 59.8 Å². The van der Waals surface area contributed by atoms with Crippen LogP contribution in [0, 0.1) is 0 Å². The molecule has 1 aliphatic rings. The molecular formula is C29H28N4O4. The van der Waals surface area contributed by atoms with Crippen LogP contribution in [0.15, 0.2) is 89.1 Å². The SMILES string of the molecule is CCOc1cccc(CN2C(=O)NC(c3cccc(OC)c3)C(c3nc(-c4ccccc4)no3)=C2C)c1. The Bertz CT molecular complexity index is 1430. The van der Waals surface area contributed by atoms with Crippen LogP contribution in [0.25, 0.3) is 17.0 Å². The fraction of sp³-hybridized carbons (Fsp3) is 0.207. The molecular weight excluding hydrogens is 468 g/mol. The highest BCUT2D eigenvalue weighted by Gasteiger charge is 2.36. The van der Waals surface area contributed by atoms with E-state index >= 15 is 0 Å². The van der Waals surface area contributed by atoms with E-state index in [-0.39, 0.29) is 6.03 Å². The lowest BCUT2D eigenvalue weighted by atomic mass is 9.94. The Balaban J connectivity index is 1.58. The molecule has 0 aliphatic carbocycles. The van der Waals surface area contributed by atoms with Gasteiger partial charge in [-0.2, -0.15) is 4.98 Å². The molecule has 1 N–H and O–H groups in total. The zero-order valence-electron chi connectivity index (χ0n) is 21.0. The second-order valence-electron chi connectivity index (χ2n) is 8.61. The first-order valence-corrected chi connectivity index (χ1v) is 12.1. The van der Waals surface area contributed by atoms with E-state index in [4.69, 9.17) is 19.0 Å². The number of hydrogen-bond donors (Lipinski definition) is 1. The molecule has 2 amide bonds. The van der Waals surface area contributed by atoms with Crippen molar-refractivity contribution in [1.29, 1.82) is 0 Å². The molecule has 4 aromatic rings. The number of aromatic nitrogens is 2. The van der Waals surface area contributed by atoms with E-state index in [0.29, 0.717) is 30.6 Å². The first-order chi connectivity index (χ1) is 18.1. The molecule has 37 heavy (non-hydrogen) atoms. The van der Waals surface area contributed by atoms with Crippen molar-refractivity contribution < 1.29 is 18.8 Å². The van der Waals surface area contributed by atoms with E-state index in [9.17, 15) is 4.79 Å². The summed E-state index contributed by atoms with van der Waals surface area (Å²) in [6.45, 7) is 4.77. The average molecular weight is 497 g/mol. The maximum absolute atomic E-state index is 13.4. The summed E-state index contributed by atoms with van der Waals surface area (Å²) in [5.74, 6) is 2.28. The number of amides is 2. The van der Waals surface area contributed by atoms with Crippen LogP contribution in [0.5, 0.6) is 11.5 Å². The van der Waals surface area contributed by atoms with Crippen LogP contribution in [0.3, 0.4) is 0 Å². The zero-order chi connectivity index (χ0) is 25.8. The van der Waals surface area contributed by atoms with Crippen molar-refractivity contribution in [2.24, 2.45) is 0 Å². The summed E-state index contributed by atoms with van der Waals surface area (Å²) in [7, 11) is 1.61. The van der Waals surface area contributed by atoms with E-state index in [1.165, 1.54) is 0 Å². The predicted molar refractivity (Wildman–Crippen MR) is 140 cm³/mol. The number of benzene rings is 3. The lowest BCUT2D eigenvalue weighted by Gasteiger charge is -2.35. The molecule has 2 heterocycles. The van der Waals surface area contributed by atoms with Crippen LogP contribution < -0.4 is 14.8 Å². The van der Waals surface area contributed by atoms with Crippen LogP contribution >= 0.6 is 0 Å². The Labute approximate surface area is 215 Å². The summed E-state index contributed by atoms with van der Waals surface area (Å²) in [5.41, 5.74) is 4.08. The van der Waals surface area contributed by atoms with Gasteiger partial charge in [-0.25, -0.2) is 4.79 Å². The number of ether oxygens (including phenoxy) is 2. The van der Waals surface area contributed by atoms with Crippen LogP contribution in [-0.2, 0) is 6.54 Å². The van der Waals surface area contributed by atoms with E-state index in [1.807, 2.05) is 92.7 Å². The summed E-state index contributed by atoms with van der Waals surface area (Å²) >= 11 is 0. The fourth-order valence-corrected chi connectivity index (χ4v) is 4.44. The number of carbonyl (C=O) groups excluding carboxylic acids is 1. The lowest BCUT2D eigenvalue weighted by molar-refractivity contribution is 0.202. The monoisotopic (exact) mass is 496 g/mol. The number of methoxy groups -OCH3 is 1. The van der Waals surface area contributed by atoms with Crippen molar-refractivity contribution in [1.82, 2.24) is 20.4 Å². The van der Waals surface area contributed by atoms with Gasteiger partial charge in [-0.05, 0) is 49.2 Å². The molecule has 5 rings (SSSR count). The summed E-state index contributed by atoms with van der Waals surface area (Å²) in [4.78, 5) is 19.8. The maximum Gasteiger partial charge on any atom is 0.322 e. The van der Waals surface area contributed by atoms with Gasteiger partial charge < -0.3 is 19.3 Å². The van der Waals surface area contributed by atoms with Gasteiger partial charge in [-0.15, -0.1) is 0 Å². The number of rotatable bonds is 8. The van der Waals surface area contributed by atoms with Crippen molar-refractivity contribution in [3.05, 3.63) is 102 Å². The van der Waals surface area contributed by atoms with E-state index < -0.39 is 6.04 Å². The Morgan fingerprint density at radius 2 is 1.78 bits per heavy atom. The van der Waals surface area contributed by atoms with E-state index in [0.717, 1.165) is 33.7 Å². The Kier molecular flexibility index (Phi) is 6.89. The van der Waals surface area contributed by atoms with Crippen LogP contribution in [-0.4, -0.2) is 34.8 Å². The molecule has 3 aromatic carbocycles. The fourth-order valence-electron chi connectivity index (χ4n) is 4.44. The van der Waals surface area contributed by atoms with Crippen LogP contribution in [0.4, 0.5) is 4.79 Å². The van der Waals surface area contributed by atoms with Crippen LogP contribution in [0.1, 0.15) is 36.9 Å². The molecule has 0 radical (unpaired) electrons. The highest BCUT2D eigenvalue weighted by atomic mass is 16.5.